The first-order valence-corrected chi connectivity index (χ1v) is 10.6. The van der Waals surface area contributed by atoms with Crippen molar-refractivity contribution < 1.29 is 9.72 Å². The Kier molecular flexibility index (Phi) is 5.53. The number of nitro groups is 1. The van der Waals surface area contributed by atoms with E-state index in [4.69, 9.17) is 16.6 Å². The van der Waals surface area contributed by atoms with Gasteiger partial charge in [-0.05, 0) is 19.1 Å². The maximum atomic E-state index is 12.1. The lowest BCUT2D eigenvalue weighted by Crippen LogP contribution is -2.50. The molecule has 1 aromatic carbocycles. The highest BCUT2D eigenvalue weighted by Crippen LogP contribution is 2.29. The molecule has 0 saturated carbocycles. The zero-order valence-corrected chi connectivity index (χ0v) is 17.4. The molecule has 152 valence electrons. The maximum absolute atomic E-state index is 12.1. The number of non-ortho nitro benzene ring substituents is 1. The van der Waals surface area contributed by atoms with Crippen molar-refractivity contribution in [3.63, 3.8) is 0 Å². The Labute approximate surface area is 176 Å². The SMILES string of the molecule is CC(Cl)C(=O)N1CCN(Cc2c(-c3ccc([N+](=O)[O-])cc3)nc3sccn23)CC1. The lowest BCUT2D eigenvalue weighted by atomic mass is 10.1. The van der Waals surface area contributed by atoms with Crippen LogP contribution >= 0.6 is 22.9 Å². The fraction of sp³-hybridized carbons (Fsp3) is 0.368. The Bertz CT molecular complexity index is 1040. The summed E-state index contributed by atoms with van der Waals surface area (Å²) in [6, 6.07) is 6.49. The molecule has 0 spiro atoms. The fourth-order valence-electron chi connectivity index (χ4n) is 3.55. The molecule has 0 aliphatic carbocycles. The zero-order valence-electron chi connectivity index (χ0n) is 15.8. The van der Waals surface area contributed by atoms with E-state index in [0.29, 0.717) is 19.6 Å². The molecule has 1 atom stereocenters. The van der Waals surface area contributed by atoms with Crippen molar-refractivity contribution in [3.8, 4) is 11.3 Å². The number of hydrogen-bond acceptors (Lipinski definition) is 6. The summed E-state index contributed by atoms with van der Waals surface area (Å²) in [6.45, 7) is 5.19. The number of carbonyl (C=O) groups excluding carboxylic acids is 1. The highest BCUT2D eigenvalue weighted by atomic mass is 35.5. The van der Waals surface area contributed by atoms with Crippen LogP contribution in [0.25, 0.3) is 16.2 Å². The molecule has 4 rings (SSSR count). The normalized spacial score (nSPS) is 16.3. The van der Waals surface area contributed by atoms with Crippen molar-refractivity contribution >= 4 is 39.5 Å². The number of hydrogen-bond donors (Lipinski definition) is 0. The summed E-state index contributed by atoms with van der Waals surface area (Å²) in [5.74, 6) is -0.0255. The largest absolute Gasteiger partial charge is 0.339 e. The number of fused-ring (bicyclic) bond motifs is 1. The van der Waals surface area contributed by atoms with Crippen LogP contribution in [-0.2, 0) is 11.3 Å². The zero-order chi connectivity index (χ0) is 20.5. The van der Waals surface area contributed by atoms with Crippen molar-refractivity contribution in [2.24, 2.45) is 0 Å². The summed E-state index contributed by atoms with van der Waals surface area (Å²) >= 11 is 7.48. The van der Waals surface area contributed by atoms with Crippen LogP contribution in [0.15, 0.2) is 35.8 Å². The van der Waals surface area contributed by atoms with Gasteiger partial charge in [0.1, 0.15) is 5.38 Å². The van der Waals surface area contributed by atoms with E-state index in [9.17, 15) is 14.9 Å². The van der Waals surface area contributed by atoms with Crippen molar-refractivity contribution in [1.82, 2.24) is 19.2 Å². The molecule has 8 nitrogen and oxygen atoms in total. The Morgan fingerprint density at radius 3 is 2.59 bits per heavy atom. The smallest absolute Gasteiger partial charge is 0.269 e. The van der Waals surface area contributed by atoms with Crippen LogP contribution in [0.2, 0.25) is 0 Å². The summed E-state index contributed by atoms with van der Waals surface area (Å²) in [5, 5.41) is 12.4. The van der Waals surface area contributed by atoms with Crippen LogP contribution in [0.4, 0.5) is 5.69 Å². The van der Waals surface area contributed by atoms with Gasteiger partial charge in [0.2, 0.25) is 5.91 Å². The number of carbonyl (C=O) groups is 1. The van der Waals surface area contributed by atoms with Crippen LogP contribution in [0.1, 0.15) is 12.6 Å². The van der Waals surface area contributed by atoms with Crippen LogP contribution in [0.3, 0.4) is 0 Å². The molecule has 1 unspecified atom stereocenters. The van der Waals surface area contributed by atoms with E-state index in [2.05, 4.69) is 9.30 Å². The summed E-state index contributed by atoms with van der Waals surface area (Å²) in [7, 11) is 0. The molecule has 3 aromatic rings. The molecular weight excluding hydrogens is 414 g/mol. The van der Waals surface area contributed by atoms with Gasteiger partial charge in [0.25, 0.3) is 5.69 Å². The molecule has 29 heavy (non-hydrogen) atoms. The Morgan fingerprint density at radius 1 is 1.28 bits per heavy atom. The van der Waals surface area contributed by atoms with Crippen LogP contribution in [0, 0.1) is 10.1 Å². The predicted octanol–water partition coefficient (Wildman–Crippen LogP) is 3.24. The molecule has 1 aliphatic rings. The van der Waals surface area contributed by atoms with Crippen LogP contribution in [0.5, 0.6) is 0 Å². The molecule has 0 radical (unpaired) electrons. The van der Waals surface area contributed by atoms with Gasteiger partial charge >= 0.3 is 0 Å². The molecule has 3 heterocycles. The first-order chi connectivity index (χ1) is 13.9. The number of imidazole rings is 1. The Hall–Kier alpha value is -2.49. The van der Waals surface area contributed by atoms with Gasteiger partial charge in [0.05, 0.1) is 16.3 Å². The van der Waals surface area contributed by atoms with Crippen molar-refractivity contribution in [2.45, 2.75) is 18.8 Å². The van der Waals surface area contributed by atoms with Crippen molar-refractivity contribution in [1.29, 1.82) is 0 Å². The molecule has 1 saturated heterocycles. The van der Waals surface area contributed by atoms with E-state index in [1.807, 2.05) is 16.5 Å². The lowest BCUT2D eigenvalue weighted by Gasteiger charge is -2.35. The minimum absolute atomic E-state index is 0.0255. The number of alkyl halides is 1. The Balaban J connectivity index is 1.56. The highest BCUT2D eigenvalue weighted by Gasteiger charge is 2.25. The third-order valence-corrected chi connectivity index (χ3v) is 6.05. The van der Waals surface area contributed by atoms with E-state index >= 15 is 0 Å². The minimum atomic E-state index is -0.504. The molecule has 1 fully saturated rings. The standard InChI is InChI=1S/C19H20ClN5O3S/c1-13(20)18(26)23-8-6-22(7-9-23)12-16-17(21-19-24(16)10-11-29-19)14-2-4-15(5-3-14)25(27)28/h2-5,10-11,13H,6-9,12H2,1H3. The Morgan fingerprint density at radius 2 is 1.97 bits per heavy atom. The first-order valence-electron chi connectivity index (χ1n) is 9.28. The number of nitrogens with zero attached hydrogens (tertiary/aromatic N) is 5. The number of benzene rings is 1. The van der Waals surface area contributed by atoms with Crippen molar-refractivity contribution in [2.75, 3.05) is 26.2 Å². The van der Waals surface area contributed by atoms with Gasteiger partial charge in [-0.15, -0.1) is 22.9 Å². The van der Waals surface area contributed by atoms with Gasteiger partial charge in [0, 0.05) is 62.0 Å². The number of amides is 1. The monoisotopic (exact) mass is 433 g/mol. The van der Waals surface area contributed by atoms with Crippen LogP contribution < -0.4 is 0 Å². The fourth-order valence-corrected chi connectivity index (χ4v) is 4.42. The summed E-state index contributed by atoms with van der Waals surface area (Å²) in [4.78, 5) is 32.4. The third-order valence-electron chi connectivity index (χ3n) is 5.11. The third kappa shape index (κ3) is 3.98. The van der Waals surface area contributed by atoms with Gasteiger partial charge in [-0.25, -0.2) is 4.98 Å². The van der Waals surface area contributed by atoms with Crippen molar-refractivity contribution in [3.05, 3.63) is 51.7 Å². The summed E-state index contributed by atoms with van der Waals surface area (Å²) in [5.41, 5.74) is 2.79. The molecule has 1 aliphatic heterocycles. The van der Waals surface area contributed by atoms with E-state index in [-0.39, 0.29) is 11.6 Å². The van der Waals surface area contributed by atoms with E-state index in [1.54, 1.807) is 30.4 Å². The topological polar surface area (TPSA) is 84.0 Å². The number of thiazole rings is 1. The maximum Gasteiger partial charge on any atom is 0.269 e. The van der Waals surface area contributed by atoms with E-state index in [0.717, 1.165) is 35.0 Å². The number of halogens is 1. The molecule has 0 N–H and O–H groups in total. The van der Waals surface area contributed by atoms with Crippen LogP contribution in [-0.4, -0.2) is 61.6 Å². The average Bonchev–Trinajstić information content (AvgIpc) is 3.30. The second-order valence-corrected chi connectivity index (χ2v) is 8.51. The number of nitro benzene ring substituents is 1. The minimum Gasteiger partial charge on any atom is -0.339 e. The lowest BCUT2D eigenvalue weighted by molar-refractivity contribution is -0.384. The van der Waals surface area contributed by atoms with Gasteiger partial charge in [-0.1, -0.05) is 0 Å². The van der Waals surface area contributed by atoms with Gasteiger partial charge in [0.15, 0.2) is 4.96 Å². The molecule has 1 amide bonds. The quantitative estimate of drug-likeness (QED) is 0.350. The molecule has 0 bridgehead atoms. The summed E-state index contributed by atoms with van der Waals surface area (Å²) < 4.78 is 2.07. The average molecular weight is 434 g/mol. The number of piperazine rings is 1. The van der Waals surface area contributed by atoms with Gasteiger partial charge < -0.3 is 4.90 Å². The van der Waals surface area contributed by atoms with E-state index < -0.39 is 10.3 Å². The number of aromatic nitrogens is 2. The second kappa shape index (κ2) is 8.10. The predicted molar refractivity (Wildman–Crippen MR) is 112 cm³/mol. The first kappa shape index (κ1) is 19.8. The molecule has 2 aromatic heterocycles. The van der Waals surface area contributed by atoms with Gasteiger partial charge in [-0.2, -0.15) is 0 Å². The second-order valence-electron chi connectivity index (χ2n) is 6.98. The number of rotatable bonds is 5. The van der Waals surface area contributed by atoms with E-state index in [1.165, 1.54) is 12.1 Å². The highest BCUT2D eigenvalue weighted by molar-refractivity contribution is 7.15. The van der Waals surface area contributed by atoms with Gasteiger partial charge in [-0.3, -0.25) is 24.2 Å². The molecular formula is C19H20ClN5O3S. The summed E-state index contributed by atoms with van der Waals surface area (Å²) in [6.07, 6.45) is 1.99. The molecule has 10 heteroatoms.